The summed E-state index contributed by atoms with van der Waals surface area (Å²) in [6.07, 6.45) is -4.26. The molecule has 0 aliphatic rings. The van der Waals surface area contributed by atoms with Crippen molar-refractivity contribution >= 4 is 21.7 Å². The fourth-order valence-corrected chi connectivity index (χ4v) is 1.83. The van der Waals surface area contributed by atoms with Crippen molar-refractivity contribution in [3.05, 3.63) is 18.2 Å². The topological polar surface area (TPSA) is 25.4 Å². The van der Waals surface area contributed by atoms with Crippen LogP contribution in [0.3, 0.4) is 0 Å². The van der Waals surface area contributed by atoms with Crippen LogP contribution in [0.2, 0.25) is 0 Å². The Kier molecular flexibility index (Phi) is 5.71. The quantitative estimate of drug-likeness (QED) is 0.750. The number of nitrogens with zero attached hydrogens (tertiary/aromatic N) is 2. The summed E-state index contributed by atoms with van der Waals surface area (Å²) in [7, 11) is 0. The predicted octanol–water partition coefficient (Wildman–Crippen LogP) is 3.24. The normalized spacial score (nSPS) is 11.4. The van der Waals surface area contributed by atoms with Gasteiger partial charge >= 0.3 is 6.18 Å². The second-order valence-corrected chi connectivity index (χ2v) is 4.29. The third-order valence-corrected chi connectivity index (χ3v) is 2.40. The summed E-state index contributed by atoms with van der Waals surface area (Å²) < 4.78 is 42.5. The highest BCUT2D eigenvalue weighted by atomic mass is 79.9. The molecule has 0 aliphatic carbocycles. The van der Waals surface area contributed by atoms with Gasteiger partial charge in [0.1, 0.15) is 12.4 Å². The lowest BCUT2D eigenvalue weighted by molar-refractivity contribution is -0.119. The van der Waals surface area contributed by atoms with Crippen LogP contribution in [0.5, 0.6) is 5.88 Å². The van der Waals surface area contributed by atoms with Crippen molar-refractivity contribution in [3.63, 3.8) is 0 Å². The monoisotopic (exact) mass is 326 g/mol. The molecule has 1 aromatic heterocycles. The summed E-state index contributed by atoms with van der Waals surface area (Å²) in [5, 5.41) is 0.434. The first-order chi connectivity index (χ1) is 8.46. The molecule has 0 radical (unpaired) electrons. The van der Waals surface area contributed by atoms with E-state index in [4.69, 9.17) is 4.74 Å². The number of aromatic nitrogens is 1. The molecule has 1 heterocycles. The highest BCUT2D eigenvalue weighted by Gasteiger charge is 2.31. The van der Waals surface area contributed by atoms with E-state index >= 15 is 0 Å². The van der Waals surface area contributed by atoms with E-state index in [-0.39, 0.29) is 12.4 Å². The Morgan fingerprint density at radius 3 is 2.67 bits per heavy atom. The highest BCUT2D eigenvalue weighted by molar-refractivity contribution is 9.09. The number of anilines is 1. The molecule has 0 amide bonds. The van der Waals surface area contributed by atoms with Gasteiger partial charge in [-0.3, -0.25) is 0 Å². The van der Waals surface area contributed by atoms with Crippen LogP contribution in [0.25, 0.3) is 0 Å². The minimum atomic E-state index is -4.26. The summed E-state index contributed by atoms with van der Waals surface area (Å²) in [5.41, 5.74) is 0. The number of alkyl halides is 4. The van der Waals surface area contributed by atoms with E-state index in [1.54, 1.807) is 19.1 Å². The zero-order valence-electron chi connectivity index (χ0n) is 9.88. The van der Waals surface area contributed by atoms with E-state index in [2.05, 4.69) is 20.9 Å². The van der Waals surface area contributed by atoms with Crippen molar-refractivity contribution in [2.45, 2.75) is 13.1 Å². The first-order valence-corrected chi connectivity index (χ1v) is 6.56. The number of hydrogen-bond donors (Lipinski definition) is 0. The maximum absolute atomic E-state index is 12.4. The van der Waals surface area contributed by atoms with Gasteiger partial charge in [-0.25, -0.2) is 0 Å². The van der Waals surface area contributed by atoms with Crippen LogP contribution in [0.15, 0.2) is 18.2 Å². The third kappa shape index (κ3) is 5.12. The maximum Gasteiger partial charge on any atom is 0.405 e. The van der Waals surface area contributed by atoms with Gasteiger partial charge in [-0.15, -0.1) is 0 Å². The Labute approximate surface area is 112 Å². The van der Waals surface area contributed by atoms with Gasteiger partial charge in [-0.2, -0.15) is 18.2 Å². The van der Waals surface area contributed by atoms with Crippen LogP contribution in [0.4, 0.5) is 19.0 Å². The van der Waals surface area contributed by atoms with Gasteiger partial charge in [0, 0.05) is 17.9 Å². The molecule has 1 rings (SSSR count). The van der Waals surface area contributed by atoms with Crippen LogP contribution in [-0.4, -0.2) is 36.2 Å². The predicted molar refractivity (Wildman–Crippen MR) is 67.5 cm³/mol. The molecule has 1 aromatic rings. The number of hydrogen-bond acceptors (Lipinski definition) is 3. The molecule has 102 valence electrons. The van der Waals surface area contributed by atoms with Gasteiger partial charge in [0.15, 0.2) is 0 Å². The van der Waals surface area contributed by atoms with E-state index in [1.165, 1.54) is 6.07 Å². The maximum atomic E-state index is 12.4. The van der Waals surface area contributed by atoms with E-state index in [0.717, 1.165) is 4.90 Å². The lowest BCUT2D eigenvalue weighted by Crippen LogP contribution is -2.36. The zero-order valence-corrected chi connectivity index (χ0v) is 11.5. The van der Waals surface area contributed by atoms with E-state index in [9.17, 15) is 13.2 Å². The summed E-state index contributed by atoms with van der Waals surface area (Å²) in [4.78, 5) is 5.21. The first-order valence-electron chi connectivity index (χ1n) is 5.43. The fourth-order valence-electron chi connectivity index (χ4n) is 1.40. The van der Waals surface area contributed by atoms with Gasteiger partial charge in [0.25, 0.3) is 0 Å². The zero-order chi connectivity index (χ0) is 13.6. The summed E-state index contributed by atoms with van der Waals surface area (Å²) in [6.45, 7) is 1.41. The number of pyridine rings is 1. The Morgan fingerprint density at radius 2 is 2.11 bits per heavy atom. The molecule has 3 nitrogen and oxygen atoms in total. The summed E-state index contributed by atoms with van der Waals surface area (Å²) >= 11 is 3.14. The summed E-state index contributed by atoms with van der Waals surface area (Å²) in [5.74, 6) is 0.592. The Balaban J connectivity index is 2.87. The van der Waals surface area contributed by atoms with Gasteiger partial charge in [-0.1, -0.05) is 22.0 Å². The van der Waals surface area contributed by atoms with Crippen LogP contribution >= 0.6 is 15.9 Å². The van der Waals surface area contributed by atoms with Crippen molar-refractivity contribution in [3.8, 4) is 5.88 Å². The molecule has 0 spiro atoms. The molecule has 0 saturated heterocycles. The smallest absolute Gasteiger partial charge is 0.405 e. The molecule has 7 heteroatoms. The number of rotatable bonds is 6. The minimum Gasteiger partial charge on any atom is -0.478 e. The first kappa shape index (κ1) is 15.1. The lowest BCUT2D eigenvalue weighted by atomic mass is 10.4. The SMILES string of the molecule is CCOc1cccc(N(CCBr)CC(F)(F)F)n1. The van der Waals surface area contributed by atoms with E-state index in [1.807, 2.05) is 0 Å². The lowest BCUT2D eigenvalue weighted by Gasteiger charge is -2.24. The molecule has 0 atom stereocenters. The largest absolute Gasteiger partial charge is 0.478 e. The number of halogens is 4. The van der Waals surface area contributed by atoms with Crippen LogP contribution in [0.1, 0.15) is 6.92 Å². The van der Waals surface area contributed by atoms with Crippen molar-refractivity contribution in [1.29, 1.82) is 0 Å². The minimum absolute atomic E-state index is 0.224. The van der Waals surface area contributed by atoms with Gasteiger partial charge < -0.3 is 9.64 Å². The molecule has 0 fully saturated rings. The van der Waals surface area contributed by atoms with Crippen LogP contribution in [-0.2, 0) is 0 Å². The molecule has 0 bridgehead atoms. The van der Waals surface area contributed by atoms with Gasteiger partial charge in [0.2, 0.25) is 5.88 Å². The number of ether oxygens (including phenoxy) is 1. The molecule has 0 aliphatic heterocycles. The second-order valence-electron chi connectivity index (χ2n) is 3.49. The van der Waals surface area contributed by atoms with Crippen molar-refractivity contribution < 1.29 is 17.9 Å². The van der Waals surface area contributed by atoms with Crippen molar-refractivity contribution in [1.82, 2.24) is 4.98 Å². The Bertz CT molecular complexity index is 374. The summed E-state index contributed by atoms with van der Waals surface area (Å²) in [6, 6.07) is 4.79. The third-order valence-electron chi connectivity index (χ3n) is 2.05. The molecule has 0 unspecified atom stereocenters. The van der Waals surface area contributed by atoms with E-state index < -0.39 is 12.7 Å². The van der Waals surface area contributed by atoms with Gasteiger partial charge in [-0.05, 0) is 13.0 Å². The molecular weight excluding hydrogens is 313 g/mol. The standard InChI is InChI=1S/C11H14BrF3N2O/c1-2-18-10-5-3-4-9(16-10)17(7-6-12)8-11(13,14)15/h3-5H,2,6-8H2,1H3. The van der Waals surface area contributed by atoms with E-state index in [0.29, 0.717) is 17.8 Å². The Morgan fingerprint density at radius 1 is 1.39 bits per heavy atom. The Hall–Kier alpha value is -0.980. The highest BCUT2D eigenvalue weighted by Crippen LogP contribution is 2.22. The van der Waals surface area contributed by atoms with Crippen LogP contribution in [0, 0.1) is 0 Å². The molecule has 0 N–H and O–H groups in total. The molecule has 18 heavy (non-hydrogen) atoms. The van der Waals surface area contributed by atoms with Crippen molar-refractivity contribution in [2.24, 2.45) is 0 Å². The average molecular weight is 327 g/mol. The van der Waals surface area contributed by atoms with Crippen LogP contribution < -0.4 is 9.64 Å². The van der Waals surface area contributed by atoms with Crippen molar-refractivity contribution in [2.75, 3.05) is 29.9 Å². The fraction of sp³-hybridized carbons (Fsp3) is 0.545. The molecule has 0 aromatic carbocycles. The molecule has 0 saturated carbocycles. The van der Waals surface area contributed by atoms with Gasteiger partial charge in [0.05, 0.1) is 6.61 Å². The second kappa shape index (κ2) is 6.82. The average Bonchev–Trinajstić information content (AvgIpc) is 2.28. The molecular formula is C11H14BrF3N2O.